The van der Waals surface area contributed by atoms with E-state index in [1.807, 2.05) is 0 Å². The van der Waals surface area contributed by atoms with E-state index < -0.39 is 0 Å². The molecular weight excluding hydrogens is 400 g/mol. The van der Waals surface area contributed by atoms with Crippen LogP contribution < -0.4 is 0 Å². The second kappa shape index (κ2) is 12.4. The van der Waals surface area contributed by atoms with Gasteiger partial charge in [-0.3, -0.25) is 4.99 Å². The number of rotatable bonds is 12. The van der Waals surface area contributed by atoms with Gasteiger partial charge in [-0.2, -0.15) is 0 Å². The predicted molar refractivity (Wildman–Crippen MR) is 146 cm³/mol. The third-order valence-corrected chi connectivity index (χ3v) is 6.58. The van der Waals surface area contributed by atoms with Crippen molar-refractivity contribution in [2.45, 2.75) is 67.2 Å². The van der Waals surface area contributed by atoms with E-state index in [1.165, 1.54) is 33.4 Å². The van der Waals surface area contributed by atoms with Crippen LogP contribution in [0.4, 0.5) is 0 Å². The van der Waals surface area contributed by atoms with Gasteiger partial charge in [-0.05, 0) is 86.8 Å². The molecule has 1 aliphatic rings. The van der Waals surface area contributed by atoms with Crippen molar-refractivity contribution >= 4 is 6.21 Å². The van der Waals surface area contributed by atoms with Crippen molar-refractivity contribution in [1.29, 1.82) is 0 Å². The van der Waals surface area contributed by atoms with Crippen LogP contribution in [-0.4, -0.2) is 17.7 Å². The molecule has 1 fully saturated rings. The molecule has 1 aromatic carbocycles. The molecule has 0 spiro atoms. The molecule has 0 aromatic heterocycles. The van der Waals surface area contributed by atoms with Crippen LogP contribution in [0.25, 0.3) is 0 Å². The van der Waals surface area contributed by atoms with Crippen LogP contribution in [0.3, 0.4) is 0 Å². The molecule has 0 saturated heterocycles. The average molecular weight is 443 g/mol. The van der Waals surface area contributed by atoms with Gasteiger partial charge < -0.3 is 4.90 Å². The molecule has 0 heterocycles. The van der Waals surface area contributed by atoms with Crippen LogP contribution in [0.15, 0.2) is 106 Å². The van der Waals surface area contributed by atoms with Gasteiger partial charge in [-0.1, -0.05) is 70.0 Å². The van der Waals surface area contributed by atoms with Crippen molar-refractivity contribution in [3.63, 3.8) is 0 Å². The Morgan fingerprint density at radius 3 is 2.24 bits per heavy atom. The fraction of sp³-hybridized carbons (Fsp3) is 0.387. The zero-order valence-corrected chi connectivity index (χ0v) is 21.7. The molecule has 176 valence electrons. The van der Waals surface area contributed by atoms with Gasteiger partial charge in [0.2, 0.25) is 0 Å². The van der Waals surface area contributed by atoms with Gasteiger partial charge in [0, 0.05) is 35.8 Å². The van der Waals surface area contributed by atoms with E-state index in [2.05, 4.69) is 102 Å². The summed E-state index contributed by atoms with van der Waals surface area (Å²) in [5, 5.41) is 0. The van der Waals surface area contributed by atoms with Gasteiger partial charge in [0.05, 0.1) is 0 Å². The Kier molecular flexibility index (Phi) is 9.91. The Morgan fingerprint density at radius 2 is 1.70 bits per heavy atom. The van der Waals surface area contributed by atoms with Gasteiger partial charge in [0.25, 0.3) is 0 Å². The number of benzene rings is 1. The zero-order chi connectivity index (χ0) is 24.5. The Bertz CT molecular complexity index is 999. The highest BCUT2D eigenvalue weighted by molar-refractivity contribution is 5.72. The molecule has 0 radical (unpaired) electrons. The summed E-state index contributed by atoms with van der Waals surface area (Å²) in [7, 11) is 0. The summed E-state index contributed by atoms with van der Waals surface area (Å²) in [5.74, 6) is 0.493. The van der Waals surface area contributed by atoms with Crippen LogP contribution in [0.2, 0.25) is 0 Å². The first-order valence-corrected chi connectivity index (χ1v) is 12.2. The average Bonchev–Trinajstić information content (AvgIpc) is 3.54. The minimum Gasteiger partial charge on any atom is -0.346 e. The maximum atomic E-state index is 4.61. The Morgan fingerprint density at radius 1 is 1.03 bits per heavy atom. The molecule has 0 amide bonds. The van der Waals surface area contributed by atoms with Gasteiger partial charge in [-0.25, -0.2) is 0 Å². The van der Waals surface area contributed by atoms with Crippen molar-refractivity contribution in [3.05, 3.63) is 107 Å². The van der Waals surface area contributed by atoms with Gasteiger partial charge in [0.1, 0.15) is 0 Å². The molecule has 33 heavy (non-hydrogen) atoms. The fourth-order valence-corrected chi connectivity index (χ4v) is 4.57. The second-order valence-corrected chi connectivity index (χ2v) is 8.94. The molecule has 0 bridgehead atoms. The number of aliphatic imine (C=N–C) groups is 1. The highest BCUT2D eigenvalue weighted by Crippen LogP contribution is 2.54. The zero-order valence-electron chi connectivity index (χ0n) is 21.7. The monoisotopic (exact) mass is 442 g/mol. The minimum atomic E-state index is 0.493. The molecule has 2 heteroatoms. The molecule has 2 rings (SSSR count). The van der Waals surface area contributed by atoms with E-state index in [4.69, 9.17) is 0 Å². The summed E-state index contributed by atoms with van der Waals surface area (Å²) in [4.78, 5) is 6.87. The summed E-state index contributed by atoms with van der Waals surface area (Å²) in [6.07, 6.45) is 7.71. The first kappa shape index (κ1) is 26.4. The number of allylic oxidation sites excluding steroid dienone is 8. The Balaban J connectivity index is 2.56. The maximum absolute atomic E-state index is 4.61. The molecule has 1 aliphatic carbocycles. The lowest BCUT2D eigenvalue weighted by Crippen LogP contribution is -2.21. The smallest absolute Gasteiger partial charge is 0.0404 e. The van der Waals surface area contributed by atoms with Crippen LogP contribution in [0, 0.1) is 5.92 Å². The summed E-state index contributed by atoms with van der Waals surface area (Å²) in [6.45, 7) is 26.5. The largest absolute Gasteiger partial charge is 0.346 e. The normalized spacial score (nSPS) is 19.2. The molecular formula is C31H42N2. The molecule has 1 saturated carbocycles. The Hall–Kier alpha value is -2.87. The summed E-state index contributed by atoms with van der Waals surface area (Å²) in [5.41, 5.74) is 11.5. The molecule has 1 aromatic rings. The summed E-state index contributed by atoms with van der Waals surface area (Å²) >= 11 is 0. The molecule has 1 unspecified atom stereocenters. The van der Waals surface area contributed by atoms with Crippen molar-refractivity contribution < 1.29 is 0 Å². The van der Waals surface area contributed by atoms with Gasteiger partial charge in [0.15, 0.2) is 0 Å². The van der Waals surface area contributed by atoms with Crippen molar-refractivity contribution in [2.75, 3.05) is 6.54 Å². The summed E-state index contributed by atoms with van der Waals surface area (Å²) < 4.78 is 0. The van der Waals surface area contributed by atoms with E-state index in [0.717, 1.165) is 49.3 Å². The number of hydrogen-bond acceptors (Lipinski definition) is 2. The fourth-order valence-electron chi connectivity index (χ4n) is 4.57. The van der Waals surface area contributed by atoms with Crippen molar-refractivity contribution in [1.82, 2.24) is 4.90 Å². The second-order valence-electron chi connectivity index (χ2n) is 8.94. The van der Waals surface area contributed by atoms with Crippen molar-refractivity contribution in [3.8, 4) is 0 Å². The van der Waals surface area contributed by atoms with E-state index >= 15 is 0 Å². The summed E-state index contributed by atoms with van der Waals surface area (Å²) in [6, 6.07) is 10.8. The van der Waals surface area contributed by atoms with E-state index in [-0.39, 0.29) is 0 Å². The Labute approximate surface area is 202 Å². The van der Waals surface area contributed by atoms with Crippen LogP contribution >= 0.6 is 0 Å². The highest BCUT2D eigenvalue weighted by atomic mass is 15.1. The van der Waals surface area contributed by atoms with E-state index in [1.54, 1.807) is 12.3 Å². The van der Waals surface area contributed by atoms with Crippen LogP contribution in [-0.2, 0) is 6.42 Å². The van der Waals surface area contributed by atoms with Gasteiger partial charge in [-0.15, -0.1) is 0 Å². The molecule has 2 nitrogen and oxygen atoms in total. The third-order valence-electron chi connectivity index (χ3n) is 6.58. The lowest BCUT2D eigenvalue weighted by Gasteiger charge is -2.27. The molecule has 1 atom stereocenters. The van der Waals surface area contributed by atoms with E-state index in [0.29, 0.717) is 5.92 Å². The number of nitrogens with zero attached hydrogens (tertiary/aromatic N) is 2. The predicted octanol–water partition coefficient (Wildman–Crippen LogP) is 8.58. The van der Waals surface area contributed by atoms with Crippen LogP contribution in [0.5, 0.6) is 0 Å². The first-order chi connectivity index (χ1) is 15.8. The molecule has 0 N–H and O–H groups in total. The quantitative estimate of drug-likeness (QED) is 0.296. The van der Waals surface area contributed by atoms with Crippen molar-refractivity contribution in [2.24, 2.45) is 10.9 Å². The SMILES string of the molecule is C=C\C=N/C(C)=C(C)/C(CCc1ccccc1)=C1/C(=C(\C)C(=C)N(CCC)C(=C)C)C1CC. The highest BCUT2D eigenvalue weighted by Gasteiger charge is 2.41. The number of hydrogen-bond donors (Lipinski definition) is 0. The molecule has 0 aliphatic heterocycles. The van der Waals surface area contributed by atoms with Gasteiger partial charge >= 0.3 is 0 Å². The third kappa shape index (κ3) is 6.57. The topological polar surface area (TPSA) is 15.6 Å². The minimum absolute atomic E-state index is 0.493. The van der Waals surface area contributed by atoms with E-state index in [9.17, 15) is 0 Å². The standard InChI is InChI=1S/C31H42N2/c1-10-20-32-25(8)23(6)29(19-18-27-16-14-13-15-17-27)31-28(12-3)30(31)24(7)26(9)33(21-11-2)22(4)5/h10,13-17,20,28H,1,4,9,11-12,18-19,21H2,2-3,5-8H3/b25-23+,30-24+,31-29+,32-20-. The number of aryl methyl sites for hydroxylation is 1. The lowest BCUT2D eigenvalue weighted by molar-refractivity contribution is 0.436. The maximum Gasteiger partial charge on any atom is 0.0404 e. The lowest BCUT2D eigenvalue weighted by atomic mass is 9.96. The first-order valence-electron chi connectivity index (χ1n) is 12.2. The van der Waals surface area contributed by atoms with Crippen LogP contribution in [0.1, 0.15) is 66.4 Å².